The highest BCUT2D eigenvalue weighted by Gasteiger charge is 2.30. The maximum atomic E-state index is 12.8. The SMILES string of the molecule is Cc1cc(=O)n2nc(N3CCC[C@H](C(=O)NC4CCC(C)CC4)C3)sc2n1. The number of carbonyl (C=O) groups is 1. The molecule has 1 aliphatic heterocycles. The van der Waals surface area contributed by atoms with Crippen LogP contribution in [0.15, 0.2) is 10.9 Å². The molecule has 2 aromatic heterocycles. The molecule has 1 atom stereocenters. The van der Waals surface area contributed by atoms with Gasteiger partial charge in [0.1, 0.15) is 0 Å². The maximum absolute atomic E-state index is 12.8. The van der Waals surface area contributed by atoms with E-state index in [-0.39, 0.29) is 17.4 Å². The molecule has 27 heavy (non-hydrogen) atoms. The highest BCUT2D eigenvalue weighted by atomic mass is 32.1. The number of carbonyl (C=O) groups excluding carboxylic acids is 1. The van der Waals surface area contributed by atoms with Crippen molar-refractivity contribution < 1.29 is 4.79 Å². The molecule has 0 unspecified atom stereocenters. The second-order valence-corrected chi connectivity index (χ2v) is 9.00. The van der Waals surface area contributed by atoms with Crippen LogP contribution in [0.2, 0.25) is 0 Å². The first-order chi connectivity index (χ1) is 13.0. The molecule has 146 valence electrons. The number of nitrogens with zero attached hydrogens (tertiary/aromatic N) is 4. The van der Waals surface area contributed by atoms with Gasteiger partial charge in [0.25, 0.3) is 5.56 Å². The van der Waals surface area contributed by atoms with Crippen LogP contribution in [0.5, 0.6) is 0 Å². The minimum Gasteiger partial charge on any atom is -0.353 e. The van der Waals surface area contributed by atoms with Crippen molar-refractivity contribution in [3.63, 3.8) is 0 Å². The molecule has 1 aliphatic carbocycles. The van der Waals surface area contributed by atoms with Gasteiger partial charge in [0.2, 0.25) is 16.0 Å². The Kier molecular flexibility index (Phi) is 5.16. The minimum absolute atomic E-state index is 0.0171. The molecule has 2 fully saturated rings. The van der Waals surface area contributed by atoms with Crippen molar-refractivity contribution in [3.8, 4) is 0 Å². The number of anilines is 1. The molecule has 0 radical (unpaired) electrons. The van der Waals surface area contributed by atoms with Crippen molar-refractivity contribution in [1.29, 1.82) is 0 Å². The van der Waals surface area contributed by atoms with E-state index in [1.807, 2.05) is 6.92 Å². The summed E-state index contributed by atoms with van der Waals surface area (Å²) in [5.74, 6) is 0.936. The van der Waals surface area contributed by atoms with Gasteiger partial charge in [-0.3, -0.25) is 9.59 Å². The van der Waals surface area contributed by atoms with E-state index in [1.54, 1.807) is 0 Å². The van der Waals surface area contributed by atoms with Crippen molar-refractivity contribution >= 4 is 27.3 Å². The molecule has 2 aromatic rings. The standard InChI is InChI=1S/C19H27N5O2S/c1-12-5-7-15(8-6-12)21-17(26)14-4-3-9-23(11-14)19-22-24-16(25)10-13(2)20-18(24)27-19/h10,12,14-15H,3-9,11H2,1-2H3,(H,21,26)/t12?,14-,15?/m0/s1. The van der Waals surface area contributed by atoms with Crippen LogP contribution in [0.1, 0.15) is 51.1 Å². The van der Waals surface area contributed by atoms with E-state index in [9.17, 15) is 9.59 Å². The van der Waals surface area contributed by atoms with Crippen molar-refractivity contribution in [3.05, 3.63) is 22.1 Å². The Hall–Kier alpha value is -1.96. The molecule has 1 N–H and O–H groups in total. The summed E-state index contributed by atoms with van der Waals surface area (Å²) >= 11 is 1.42. The lowest BCUT2D eigenvalue weighted by atomic mass is 9.87. The largest absolute Gasteiger partial charge is 0.353 e. The first-order valence-corrected chi connectivity index (χ1v) is 10.7. The topological polar surface area (TPSA) is 79.6 Å². The van der Waals surface area contributed by atoms with Gasteiger partial charge in [-0.25, -0.2) is 4.98 Å². The lowest BCUT2D eigenvalue weighted by Gasteiger charge is -2.33. The van der Waals surface area contributed by atoms with Gasteiger partial charge in [0.15, 0.2) is 0 Å². The molecular formula is C19H27N5O2S. The predicted octanol–water partition coefficient (Wildman–Crippen LogP) is 2.37. The van der Waals surface area contributed by atoms with Crippen molar-refractivity contribution in [1.82, 2.24) is 19.9 Å². The molecule has 0 aromatic carbocycles. The third kappa shape index (κ3) is 4.00. The Balaban J connectivity index is 1.44. The fraction of sp³-hybridized carbons (Fsp3) is 0.684. The lowest BCUT2D eigenvalue weighted by molar-refractivity contribution is -0.126. The van der Waals surface area contributed by atoms with Gasteiger partial charge in [0.05, 0.1) is 5.92 Å². The molecule has 4 rings (SSSR count). The van der Waals surface area contributed by atoms with Gasteiger partial charge in [-0.2, -0.15) is 4.52 Å². The summed E-state index contributed by atoms with van der Waals surface area (Å²) in [5.41, 5.74) is 0.547. The van der Waals surface area contributed by atoms with E-state index in [0.29, 0.717) is 23.2 Å². The average Bonchev–Trinajstić information content (AvgIpc) is 3.08. The first kappa shape index (κ1) is 18.4. The molecular weight excluding hydrogens is 362 g/mol. The first-order valence-electron chi connectivity index (χ1n) is 9.92. The fourth-order valence-corrected chi connectivity index (χ4v) is 5.11. The number of rotatable bonds is 3. The van der Waals surface area contributed by atoms with Crippen molar-refractivity contribution in [2.45, 2.75) is 58.4 Å². The number of amides is 1. The molecule has 1 saturated carbocycles. The number of aryl methyl sites for hydroxylation is 1. The second-order valence-electron chi connectivity index (χ2n) is 8.07. The molecule has 1 amide bonds. The highest BCUT2D eigenvalue weighted by Crippen LogP contribution is 2.28. The van der Waals surface area contributed by atoms with Crippen LogP contribution in [0.3, 0.4) is 0 Å². The van der Waals surface area contributed by atoms with E-state index >= 15 is 0 Å². The van der Waals surface area contributed by atoms with Crippen molar-refractivity contribution in [2.75, 3.05) is 18.0 Å². The normalized spacial score (nSPS) is 26.3. The lowest BCUT2D eigenvalue weighted by Crippen LogP contribution is -2.46. The number of nitrogens with one attached hydrogen (secondary N) is 1. The average molecular weight is 390 g/mol. The van der Waals surface area contributed by atoms with Crippen LogP contribution in [-0.2, 0) is 4.79 Å². The highest BCUT2D eigenvalue weighted by molar-refractivity contribution is 7.20. The molecule has 0 spiro atoms. The Morgan fingerprint density at radius 2 is 2.04 bits per heavy atom. The quantitative estimate of drug-likeness (QED) is 0.872. The number of piperidine rings is 1. The van der Waals surface area contributed by atoms with E-state index in [2.05, 4.69) is 27.2 Å². The molecule has 2 aliphatic rings. The number of fused-ring (bicyclic) bond motifs is 1. The maximum Gasteiger partial charge on any atom is 0.275 e. The summed E-state index contributed by atoms with van der Waals surface area (Å²) in [5, 5.41) is 8.50. The van der Waals surface area contributed by atoms with E-state index in [1.165, 1.54) is 34.8 Å². The van der Waals surface area contributed by atoms with Gasteiger partial charge >= 0.3 is 0 Å². The van der Waals surface area contributed by atoms with Crippen LogP contribution in [-0.4, -0.2) is 39.6 Å². The summed E-state index contributed by atoms with van der Waals surface area (Å²) in [6.07, 6.45) is 6.46. The zero-order chi connectivity index (χ0) is 19.0. The third-order valence-electron chi connectivity index (χ3n) is 5.79. The summed E-state index contributed by atoms with van der Waals surface area (Å²) in [6, 6.07) is 1.82. The Morgan fingerprint density at radius 3 is 2.81 bits per heavy atom. The number of hydrogen-bond donors (Lipinski definition) is 1. The van der Waals surface area contributed by atoms with E-state index < -0.39 is 0 Å². The molecule has 7 nitrogen and oxygen atoms in total. The van der Waals surface area contributed by atoms with Crippen LogP contribution in [0.25, 0.3) is 4.96 Å². The van der Waals surface area contributed by atoms with Crippen LogP contribution in [0.4, 0.5) is 5.13 Å². The smallest absolute Gasteiger partial charge is 0.275 e. The minimum atomic E-state index is -0.155. The zero-order valence-corrected chi connectivity index (χ0v) is 16.8. The van der Waals surface area contributed by atoms with Crippen LogP contribution in [0, 0.1) is 18.8 Å². The van der Waals surface area contributed by atoms with Gasteiger partial charge in [0, 0.05) is 30.9 Å². The van der Waals surface area contributed by atoms with Crippen LogP contribution >= 0.6 is 11.3 Å². The summed E-state index contributed by atoms with van der Waals surface area (Å²) in [7, 11) is 0. The van der Waals surface area contributed by atoms with Crippen LogP contribution < -0.4 is 15.8 Å². The third-order valence-corrected chi connectivity index (χ3v) is 6.76. The summed E-state index contributed by atoms with van der Waals surface area (Å²) < 4.78 is 1.36. The zero-order valence-electron chi connectivity index (χ0n) is 16.0. The van der Waals surface area contributed by atoms with E-state index in [4.69, 9.17) is 0 Å². The molecule has 3 heterocycles. The fourth-order valence-electron chi connectivity index (χ4n) is 4.13. The Labute approximate surface area is 162 Å². The number of aromatic nitrogens is 3. The summed E-state index contributed by atoms with van der Waals surface area (Å²) in [6.45, 7) is 5.62. The van der Waals surface area contributed by atoms with Gasteiger partial charge in [-0.05, 0) is 51.4 Å². The second kappa shape index (κ2) is 7.58. The Morgan fingerprint density at radius 1 is 1.26 bits per heavy atom. The monoisotopic (exact) mass is 389 g/mol. The van der Waals surface area contributed by atoms with Gasteiger partial charge < -0.3 is 10.2 Å². The summed E-state index contributed by atoms with van der Waals surface area (Å²) in [4.78, 5) is 32.0. The van der Waals surface area contributed by atoms with Gasteiger partial charge in [-0.1, -0.05) is 18.3 Å². The molecule has 1 saturated heterocycles. The number of hydrogen-bond acceptors (Lipinski definition) is 6. The molecule has 8 heteroatoms. The Bertz CT molecular complexity index is 884. The van der Waals surface area contributed by atoms with Gasteiger partial charge in [-0.15, -0.1) is 5.10 Å². The van der Waals surface area contributed by atoms with Crippen molar-refractivity contribution in [2.24, 2.45) is 11.8 Å². The van der Waals surface area contributed by atoms with E-state index in [0.717, 1.165) is 43.3 Å². The molecule has 0 bridgehead atoms. The predicted molar refractivity (Wildman–Crippen MR) is 106 cm³/mol.